The fraction of sp³-hybridized carbons (Fsp3) is 0.444. The van der Waals surface area contributed by atoms with Gasteiger partial charge in [0.25, 0.3) is 0 Å². The summed E-state index contributed by atoms with van der Waals surface area (Å²) in [6.45, 7) is 0. The normalized spacial score (nSPS) is 18.7. The molecule has 0 aliphatic heterocycles. The fourth-order valence-electron chi connectivity index (χ4n) is 1.27. The van der Waals surface area contributed by atoms with Crippen molar-refractivity contribution < 1.29 is 4.42 Å². The van der Waals surface area contributed by atoms with E-state index < -0.39 is 0 Å². The molecule has 1 saturated carbocycles. The highest BCUT2D eigenvalue weighted by molar-refractivity contribution is 5.28. The van der Waals surface area contributed by atoms with Crippen molar-refractivity contribution >= 4 is 0 Å². The van der Waals surface area contributed by atoms with Gasteiger partial charge in [0.1, 0.15) is 18.1 Å². The zero-order valence-corrected chi connectivity index (χ0v) is 6.66. The quantitative estimate of drug-likeness (QED) is 0.717. The van der Waals surface area contributed by atoms with Crippen LogP contribution in [-0.2, 0) is 0 Å². The van der Waals surface area contributed by atoms with E-state index in [2.05, 4.69) is 0 Å². The maximum Gasteiger partial charge on any atom is 0.122 e. The number of hydrogen-bond acceptors (Lipinski definition) is 3. The van der Waals surface area contributed by atoms with Crippen molar-refractivity contribution in [2.75, 3.05) is 0 Å². The van der Waals surface area contributed by atoms with Crippen molar-refractivity contribution in [3.05, 3.63) is 23.7 Å². The number of nitrogens with zero attached hydrogens (tertiary/aromatic N) is 1. The molecule has 0 amide bonds. The molecule has 1 atom stereocenters. The minimum Gasteiger partial charge on any atom is -0.466 e. The molecule has 12 heavy (non-hydrogen) atoms. The molecule has 0 bridgehead atoms. The van der Waals surface area contributed by atoms with Crippen LogP contribution in [0.25, 0.3) is 0 Å². The second kappa shape index (κ2) is 2.65. The SMILES string of the molecule is N#Cc1coc(C(N)C2CC2)c1. The Bertz CT molecular complexity index is 320. The summed E-state index contributed by atoms with van der Waals surface area (Å²) in [5, 5.41) is 8.54. The second-order valence-electron chi connectivity index (χ2n) is 3.21. The van der Waals surface area contributed by atoms with Gasteiger partial charge in [-0.05, 0) is 24.8 Å². The molecule has 2 rings (SSSR count). The predicted molar refractivity (Wildman–Crippen MR) is 43.1 cm³/mol. The third kappa shape index (κ3) is 1.21. The molecule has 1 heterocycles. The lowest BCUT2D eigenvalue weighted by molar-refractivity contribution is 0.442. The highest BCUT2D eigenvalue weighted by Gasteiger charge is 2.31. The van der Waals surface area contributed by atoms with Gasteiger partial charge in [-0.25, -0.2) is 0 Å². The lowest BCUT2D eigenvalue weighted by Gasteiger charge is -2.04. The van der Waals surface area contributed by atoms with Crippen LogP contribution < -0.4 is 5.73 Å². The van der Waals surface area contributed by atoms with Crippen molar-refractivity contribution in [1.29, 1.82) is 5.26 Å². The minimum absolute atomic E-state index is 0.00731. The van der Waals surface area contributed by atoms with Gasteiger partial charge in [-0.3, -0.25) is 0 Å². The third-order valence-electron chi connectivity index (χ3n) is 2.21. The first kappa shape index (κ1) is 7.38. The second-order valence-corrected chi connectivity index (χ2v) is 3.21. The van der Waals surface area contributed by atoms with Crippen LogP contribution in [0.4, 0.5) is 0 Å². The molecular weight excluding hydrogens is 152 g/mol. The molecule has 3 nitrogen and oxygen atoms in total. The molecule has 0 spiro atoms. The topological polar surface area (TPSA) is 63.0 Å². The third-order valence-corrected chi connectivity index (χ3v) is 2.21. The van der Waals surface area contributed by atoms with Crippen LogP contribution in [0, 0.1) is 17.2 Å². The Hall–Kier alpha value is -1.27. The van der Waals surface area contributed by atoms with Crippen molar-refractivity contribution in [1.82, 2.24) is 0 Å². The van der Waals surface area contributed by atoms with E-state index in [1.54, 1.807) is 6.07 Å². The Morgan fingerprint density at radius 3 is 2.92 bits per heavy atom. The average molecular weight is 162 g/mol. The number of furan rings is 1. The average Bonchev–Trinajstić information content (AvgIpc) is 2.82. The molecule has 1 aliphatic carbocycles. The summed E-state index contributed by atoms with van der Waals surface area (Å²) in [5.41, 5.74) is 6.42. The van der Waals surface area contributed by atoms with Crippen LogP contribution in [0.3, 0.4) is 0 Å². The van der Waals surface area contributed by atoms with Gasteiger partial charge >= 0.3 is 0 Å². The van der Waals surface area contributed by atoms with E-state index in [1.807, 2.05) is 6.07 Å². The lowest BCUT2D eigenvalue weighted by atomic mass is 10.1. The molecule has 0 radical (unpaired) electrons. The Labute approximate surface area is 70.8 Å². The zero-order valence-electron chi connectivity index (χ0n) is 6.66. The van der Waals surface area contributed by atoms with Gasteiger partial charge in [0.05, 0.1) is 11.6 Å². The minimum atomic E-state index is -0.00731. The van der Waals surface area contributed by atoms with E-state index in [0.29, 0.717) is 11.5 Å². The van der Waals surface area contributed by atoms with E-state index in [0.717, 1.165) is 5.76 Å². The first-order valence-corrected chi connectivity index (χ1v) is 4.05. The highest BCUT2D eigenvalue weighted by atomic mass is 16.3. The largest absolute Gasteiger partial charge is 0.466 e. The summed E-state index contributed by atoms with van der Waals surface area (Å²) in [4.78, 5) is 0. The highest BCUT2D eigenvalue weighted by Crippen LogP contribution is 2.39. The summed E-state index contributed by atoms with van der Waals surface area (Å²) in [5.74, 6) is 1.32. The fourth-order valence-corrected chi connectivity index (χ4v) is 1.27. The molecule has 3 heteroatoms. The molecule has 1 aromatic rings. The summed E-state index contributed by atoms with van der Waals surface area (Å²) in [7, 11) is 0. The predicted octanol–water partition coefficient (Wildman–Crippen LogP) is 1.56. The van der Waals surface area contributed by atoms with Crippen LogP contribution in [0.15, 0.2) is 16.7 Å². The first-order chi connectivity index (χ1) is 5.81. The van der Waals surface area contributed by atoms with Gasteiger partial charge in [0, 0.05) is 0 Å². The van der Waals surface area contributed by atoms with Crippen molar-refractivity contribution in [3.8, 4) is 6.07 Å². The van der Waals surface area contributed by atoms with E-state index in [9.17, 15) is 0 Å². The molecule has 1 unspecified atom stereocenters. The number of hydrogen-bond donors (Lipinski definition) is 1. The lowest BCUT2D eigenvalue weighted by Crippen LogP contribution is -2.10. The maximum atomic E-state index is 8.54. The molecule has 1 fully saturated rings. The Morgan fingerprint density at radius 1 is 1.67 bits per heavy atom. The summed E-state index contributed by atoms with van der Waals surface area (Å²) < 4.78 is 5.17. The van der Waals surface area contributed by atoms with Gasteiger partial charge in [0.2, 0.25) is 0 Å². The van der Waals surface area contributed by atoms with E-state index >= 15 is 0 Å². The van der Waals surface area contributed by atoms with Crippen LogP contribution in [0.1, 0.15) is 30.2 Å². The van der Waals surface area contributed by atoms with Crippen molar-refractivity contribution in [3.63, 3.8) is 0 Å². The Morgan fingerprint density at radius 2 is 2.42 bits per heavy atom. The molecule has 1 aliphatic rings. The van der Waals surface area contributed by atoms with E-state index in [4.69, 9.17) is 15.4 Å². The van der Waals surface area contributed by atoms with Gasteiger partial charge in [0.15, 0.2) is 0 Å². The van der Waals surface area contributed by atoms with Crippen molar-refractivity contribution in [2.24, 2.45) is 11.7 Å². The monoisotopic (exact) mass is 162 g/mol. The summed E-state index contributed by atoms with van der Waals surface area (Å²) in [6, 6.07) is 3.73. The molecule has 1 aromatic heterocycles. The number of nitriles is 1. The molecule has 62 valence electrons. The van der Waals surface area contributed by atoms with Gasteiger partial charge in [-0.15, -0.1) is 0 Å². The molecule has 2 N–H and O–H groups in total. The Kier molecular flexibility index (Phi) is 1.63. The summed E-state index contributed by atoms with van der Waals surface area (Å²) >= 11 is 0. The number of nitrogens with two attached hydrogens (primary N) is 1. The standard InChI is InChI=1S/C9H10N2O/c10-4-6-3-8(12-5-6)9(11)7-1-2-7/h3,5,7,9H,1-2,11H2. The summed E-state index contributed by atoms with van der Waals surface area (Å²) in [6.07, 6.45) is 3.82. The number of rotatable bonds is 2. The van der Waals surface area contributed by atoms with Gasteiger partial charge < -0.3 is 10.2 Å². The molecule has 0 saturated heterocycles. The van der Waals surface area contributed by atoms with Crippen LogP contribution in [-0.4, -0.2) is 0 Å². The van der Waals surface area contributed by atoms with Gasteiger partial charge in [-0.1, -0.05) is 0 Å². The van der Waals surface area contributed by atoms with Crippen LogP contribution in [0.2, 0.25) is 0 Å². The van der Waals surface area contributed by atoms with E-state index in [-0.39, 0.29) is 6.04 Å². The molecular formula is C9H10N2O. The maximum absolute atomic E-state index is 8.54. The zero-order chi connectivity index (χ0) is 8.55. The van der Waals surface area contributed by atoms with Crippen LogP contribution >= 0.6 is 0 Å². The Balaban J connectivity index is 2.17. The van der Waals surface area contributed by atoms with Crippen LogP contribution in [0.5, 0.6) is 0 Å². The smallest absolute Gasteiger partial charge is 0.122 e. The van der Waals surface area contributed by atoms with E-state index in [1.165, 1.54) is 19.1 Å². The van der Waals surface area contributed by atoms with Crippen molar-refractivity contribution in [2.45, 2.75) is 18.9 Å². The first-order valence-electron chi connectivity index (χ1n) is 4.05. The van der Waals surface area contributed by atoms with Gasteiger partial charge in [-0.2, -0.15) is 5.26 Å². The molecule has 0 aromatic carbocycles.